The Morgan fingerprint density at radius 2 is 1.88 bits per heavy atom. The fourth-order valence-electron chi connectivity index (χ4n) is 1.06. The van der Waals surface area contributed by atoms with Crippen LogP contribution >= 0.6 is 12.4 Å². The summed E-state index contributed by atoms with van der Waals surface area (Å²) in [5, 5.41) is 0. The monoisotopic (exact) mass is 259 g/mol. The van der Waals surface area contributed by atoms with Crippen molar-refractivity contribution in [2.24, 2.45) is 5.73 Å². The van der Waals surface area contributed by atoms with Gasteiger partial charge in [0.15, 0.2) is 11.6 Å². The smallest absolute Gasteiger partial charge is 0.407 e. The molecular formula is C9H10ClF4NO. The lowest BCUT2D eigenvalue weighted by atomic mass is 10.1. The predicted molar refractivity (Wildman–Crippen MR) is 53.2 cm³/mol. The molecule has 7 heteroatoms. The van der Waals surface area contributed by atoms with E-state index in [1.54, 1.807) is 0 Å². The quantitative estimate of drug-likeness (QED) is 0.829. The molecule has 92 valence electrons. The van der Waals surface area contributed by atoms with Gasteiger partial charge in [0.1, 0.15) is 6.04 Å². The van der Waals surface area contributed by atoms with Gasteiger partial charge in [0.05, 0.1) is 7.11 Å². The number of hydrogen-bond donors (Lipinski definition) is 1. The molecule has 0 fully saturated rings. The summed E-state index contributed by atoms with van der Waals surface area (Å²) >= 11 is 0. The Kier molecular flexibility index (Phi) is 5.02. The highest BCUT2D eigenvalue weighted by molar-refractivity contribution is 5.85. The zero-order chi connectivity index (χ0) is 11.6. The summed E-state index contributed by atoms with van der Waals surface area (Å²) in [6.45, 7) is 0. The molecule has 16 heavy (non-hydrogen) atoms. The van der Waals surface area contributed by atoms with E-state index in [0.717, 1.165) is 18.2 Å². The topological polar surface area (TPSA) is 35.2 Å². The van der Waals surface area contributed by atoms with Crippen LogP contribution in [0, 0.1) is 5.82 Å². The fourth-order valence-corrected chi connectivity index (χ4v) is 1.06. The third-order valence-electron chi connectivity index (χ3n) is 1.89. The molecular weight excluding hydrogens is 250 g/mol. The first-order valence-electron chi connectivity index (χ1n) is 4.02. The van der Waals surface area contributed by atoms with E-state index in [1.165, 1.54) is 7.11 Å². The maximum absolute atomic E-state index is 12.9. The lowest BCUT2D eigenvalue weighted by Gasteiger charge is -2.16. The van der Waals surface area contributed by atoms with Crippen molar-refractivity contribution in [2.45, 2.75) is 12.2 Å². The van der Waals surface area contributed by atoms with Crippen LogP contribution in [0.4, 0.5) is 17.6 Å². The number of halogens is 5. The van der Waals surface area contributed by atoms with Crippen LogP contribution in [0.25, 0.3) is 0 Å². The highest BCUT2D eigenvalue weighted by Crippen LogP contribution is 2.32. The number of ether oxygens (including phenoxy) is 1. The Hall–Kier alpha value is -1.01. The van der Waals surface area contributed by atoms with E-state index in [9.17, 15) is 17.6 Å². The first-order chi connectivity index (χ1) is 6.86. The average Bonchev–Trinajstić information content (AvgIpc) is 2.16. The fraction of sp³-hybridized carbons (Fsp3) is 0.333. The molecule has 0 saturated carbocycles. The van der Waals surface area contributed by atoms with E-state index in [2.05, 4.69) is 4.74 Å². The van der Waals surface area contributed by atoms with Crippen LogP contribution in [0.15, 0.2) is 18.2 Å². The largest absolute Gasteiger partial charge is 0.494 e. The summed E-state index contributed by atoms with van der Waals surface area (Å²) < 4.78 is 54.1. The van der Waals surface area contributed by atoms with Crippen molar-refractivity contribution < 1.29 is 22.3 Å². The van der Waals surface area contributed by atoms with E-state index < -0.39 is 18.0 Å². The second-order valence-corrected chi connectivity index (χ2v) is 2.91. The van der Waals surface area contributed by atoms with Gasteiger partial charge in [-0.05, 0) is 17.7 Å². The van der Waals surface area contributed by atoms with Gasteiger partial charge in [0.25, 0.3) is 0 Å². The van der Waals surface area contributed by atoms with Crippen molar-refractivity contribution in [1.29, 1.82) is 0 Å². The van der Waals surface area contributed by atoms with Gasteiger partial charge < -0.3 is 10.5 Å². The number of hydrogen-bond acceptors (Lipinski definition) is 2. The van der Waals surface area contributed by atoms with E-state index in [0.29, 0.717) is 0 Å². The van der Waals surface area contributed by atoms with Crippen molar-refractivity contribution in [1.82, 2.24) is 0 Å². The molecule has 0 bridgehead atoms. The van der Waals surface area contributed by atoms with E-state index in [4.69, 9.17) is 5.73 Å². The summed E-state index contributed by atoms with van der Waals surface area (Å²) in [4.78, 5) is 0. The van der Waals surface area contributed by atoms with Gasteiger partial charge in [0.2, 0.25) is 0 Å². The lowest BCUT2D eigenvalue weighted by Crippen LogP contribution is -2.28. The molecule has 0 aliphatic heterocycles. The Morgan fingerprint density at radius 3 is 2.31 bits per heavy atom. The van der Waals surface area contributed by atoms with Gasteiger partial charge in [0, 0.05) is 0 Å². The summed E-state index contributed by atoms with van der Waals surface area (Å²) in [7, 11) is 1.17. The lowest BCUT2D eigenvalue weighted by molar-refractivity contribution is -0.149. The van der Waals surface area contributed by atoms with Gasteiger partial charge in [-0.25, -0.2) is 4.39 Å². The number of alkyl halides is 3. The molecule has 1 aromatic rings. The van der Waals surface area contributed by atoms with Crippen molar-refractivity contribution >= 4 is 12.4 Å². The van der Waals surface area contributed by atoms with Gasteiger partial charge >= 0.3 is 6.18 Å². The molecule has 1 atom stereocenters. The third-order valence-corrected chi connectivity index (χ3v) is 1.89. The molecule has 0 amide bonds. The summed E-state index contributed by atoms with van der Waals surface area (Å²) in [6.07, 6.45) is -4.55. The van der Waals surface area contributed by atoms with E-state index in [-0.39, 0.29) is 23.7 Å². The van der Waals surface area contributed by atoms with Crippen LogP contribution < -0.4 is 10.5 Å². The van der Waals surface area contributed by atoms with Crippen LogP contribution in [0.5, 0.6) is 5.75 Å². The predicted octanol–water partition coefficient (Wildman–Crippen LogP) is 2.82. The second kappa shape index (κ2) is 5.36. The minimum Gasteiger partial charge on any atom is -0.494 e. The molecule has 2 nitrogen and oxygen atoms in total. The minimum atomic E-state index is -4.55. The van der Waals surface area contributed by atoms with Crippen molar-refractivity contribution in [3.63, 3.8) is 0 Å². The Morgan fingerprint density at radius 1 is 1.31 bits per heavy atom. The molecule has 1 unspecified atom stereocenters. The molecule has 1 aromatic carbocycles. The average molecular weight is 260 g/mol. The Bertz CT molecular complexity index is 356. The van der Waals surface area contributed by atoms with E-state index in [1.807, 2.05) is 0 Å². The molecule has 0 aromatic heterocycles. The number of benzene rings is 1. The van der Waals surface area contributed by atoms with Gasteiger partial charge in [-0.15, -0.1) is 12.4 Å². The SMILES string of the molecule is COc1cc(C(N)C(F)(F)F)ccc1F.Cl. The van der Waals surface area contributed by atoms with Gasteiger partial charge in [-0.3, -0.25) is 0 Å². The molecule has 1 rings (SSSR count). The molecule has 2 N–H and O–H groups in total. The van der Waals surface area contributed by atoms with Crippen LogP contribution in [0.1, 0.15) is 11.6 Å². The molecule has 0 aliphatic rings. The molecule has 0 spiro atoms. The van der Waals surface area contributed by atoms with Crippen molar-refractivity contribution in [2.75, 3.05) is 7.11 Å². The second-order valence-electron chi connectivity index (χ2n) is 2.91. The number of rotatable bonds is 2. The minimum absolute atomic E-state index is 0. The van der Waals surface area contributed by atoms with Crippen LogP contribution in [-0.4, -0.2) is 13.3 Å². The third kappa shape index (κ3) is 3.24. The summed E-state index contributed by atoms with van der Waals surface area (Å²) in [6, 6.07) is 0.676. The normalized spacial score (nSPS) is 12.9. The first kappa shape index (κ1) is 15.0. The molecule has 0 heterocycles. The first-order valence-corrected chi connectivity index (χ1v) is 4.02. The van der Waals surface area contributed by atoms with Crippen LogP contribution in [-0.2, 0) is 0 Å². The number of methoxy groups -OCH3 is 1. The van der Waals surface area contributed by atoms with Crippen molar-refractivity contribution in [3.8, 4) is 5.75 Å². The van der Waals surface area contributed by atoms with Crippen LogP contribution in [0.3, 0.4) is 0 Å². The standard InChI is InChI=1S/C9H9F4NO.ClH/c1-15-7-4-5(2-3-6(7)10)8(14)9(11,12)13;/h2-4,8H,14H2,1H3;1H. The summed E-state index contributed by atoms with van der Waals surface area (Å²) in [5.41, 5.74) is 4.71. The van der Waals surface area contributed by atoms with Gasteiger partial charge in [-0.2, -0.15) is 13.2 Å². The Labute approximate surface area is 95.8 Å². The van der Waals surface area contributed by atoms with Crippen molar-refractivity contribution in [3.05, 3.63) is 29.6 Å². The number of nitrogens with two attached hydrogens (primary N) is 1. The zero-order valence-corrected chi connectivity index (χ0v) is 9.03. The maximum Gasteiger partial charge on any atom is 0.407 e. The van der Waals surface area contributed by atoms with E-state index >= 15 is 0 Å². The molecule has 0 aliphatic carbocycles. The maximum atomic E-state index is 12.9. The van der Waals surface area contributed by atoms with Gasteiger partial charge in [-0.1, -0.05) is 6.07 Å². The van der Waals surface area contributed by atoms with Crippen LogP contribution in [0.2, 0.25) is 0 Å². The molecule has 0 saturated heterocycles. The zero-order valence-electron chi connectivity index (χ0n) is 8.22. The highest BCUT2D eigenvalue weighted by Gasteiger charge is 2.38. The summed E-state index contributed by atoms with van der Waals surface area (Å²) in [5.74, 6) is -0.983. The Balaban J connectivity index is 0.00000225. The molecule has 0 radical (unpaired) electrons. The highest BCUT2D eigenvalue weighted by atomic mass is 35.5.